The molecule has 0 saturated heterocycles. The molecule has 30 heavy (non-hydrogen) atoms. The van der Waals surface area contributed by atoms with E-state index in [4.69, 9.17) is 27.6 Å². The number of pyridine rings is 1. The van der Waals surface area contributed by atoms with Crippen molar-refractivity contribution in [3.63, 3.8) is 0 Å². The molecule has 1 atom stereocenters. The van der Waals surface area contributed by atoms with E-state index in [0.29, 0.717) is 15.5 Å². The summed E-state index contributed by atoms with van der Waals surface area (Å²) >= 11 is 13.2. The molecule has 0 aromatic carbocycles. The molecule has 5 heteroatoms. The first-order valence-corrected chi connectivity index (χ1v) is 15.7. The van der Waals surface area contributed by atoms with Gasteiger partial charge in [0.2, 0.25) is 0 Å². The molecule has 168 valence electrons. The SMILES string of the molecule is CC[Si](CC)(CC)OC(CCCC12CC3CC(CC(C3)C1)C2)c1c(Cl)cncc1Cl. The van der Waals surface area contributed by atoms with Crippen LogP contribution in [0.25, 0.3) is 0 Å². The second-order valence-electron chi connectivity index (χ2n) is 10.7. The fourth-order valence-corrected chi connectivity index (χ4v) is 11.0. The fraction of sp³-hybridized carbons (Fsp3) is 0.800. The first kappa shape index (κ1) is 23.1. The molecule has 1 aromatic rings. The van der Waals surface area contributed by atoms with Crippen LogP contribution in [0.1, 0.15) is 90.2 Å². The van der Waals surface area contributed by atoms with Crippen LogP contribution in [0, 0.1) is 23.2 Å². The van der Waals surface area contributed by atoms with Gasteiger partial charge in [0.25, 0.3) is 0 Å². The molecule has 4 aliphatic carbocycles. The van der Waals surface area contributed by atoms with E-state index in [1.807, 2.05) is 0 Å². The number of aromatic nitrogens is 1. The highest BCUT2D eigenvalue weighted by Gasteiger charge is 2.50. The number of hydrogen-bond acceptors (Lipinski definition) is 2. The lowest BCUT2D eigenvalue weighted by Crippen LogP contribution is -2.46. The number of nitrogens with zero attached hydrogens (tertiary/aromatic N) is 1. The highest BCUT2D eigenvalue weighted by molar-refractivity contribution is 6.73. The second-order valence-corrected chi connectivity index (χ2v) is 16.2. The van der Waals surface area contributed by atoms with Gasteiger partial charge in [-0.15, -0.1) is 0 Å². The summed E-state index contributed by atoms with van der Waals surface area (Å²) in [5.41, 5.74) is 1.60. The van der Waals surface area contributed by atoms with Crippen LogP contribution < -0.4 is 0 Å². The highest BCUT2D eigenvalue weighted by Crippen LogP contribution is 2.61. The summed E-state index contributed by atoms with van der Waals surface area (Å²) in [6, 6.07) is 3.43. The van der Waals surface area contributed by atoms with Crippen molar-refractivity contribution in [2.24, 2.45) is 23.2 Å². The summed E-state index contributed by atoms with van der Waals surface area (Å²) in [5.74, 6) is 3.06. The van der Waals surface area contributed by atoms with Gasteiger partial charge < -0.3 is 4.43 Å². The zero-order chi connectivity index (χ0) is 21.4. The molecule has 4 fully saturated rings. The molecular formula is C25H39Cl2NOSi. The van der Waals surface area contributed by atoms with E-state index in [1.54, 1.807) is 12.4 Å². The lowest BCUT2D eigenvalue weighted by atomic mass is 9.48. The van der Waals surface area contributed by atoms with Gasteiger partial charge >= 0.3 is 0 Å². The number of halogens is 2. The Morgan fingerprint density at radius 1 is 0.967 bits per heavy atom. The lowest BCUT2D eigenvalue weighted by molar-refractivity contribution is -0.0593. The molecule has 2 nitrogen and oxygen atoms in total. The van der Waals surface area contributed by atoms with Gasteiger partial charge in [0.1, 0.15) is 0 Å². The summed E-state index contributed by atoms with van der Waals surface area (Å²) in [6.45, 7) is 6.88. The van der Waals surface area contributed by atoms with Crippen molar-refractivity contribution in [1.82, 2.24) is 4.98 Å². The summed E-state index contributed by atoms with van der Waals surface area (Å²) in [7, 11) is -1.77. The molecule has 4 saturated carbocycles. The predicted molar refractivity (Wildman–Crippen MR) is 130 cm³/mol. The van der Waals surface area contributed by atoms with Crippen molar-refractivity contribution in [3.05, 3.63) is 28.0 Å². The first-order chi connectivity index (χ1) is 14.4. The maximum absolute atomic E-state index is 7.00. The van der Waals surface area contributed by atoms with E-state index in [-0.39, 0.29) is 6.10 Å². The minimum absolute atomic E-state index is 0.00780. The van der Waals surface area contributed by atoms with Crippen LogP contribution >= 0.6 is 23.2 Å². The van der Waals surface area contributed by atoms with E-state index in [2.05, 4.69) is 25.8 Å². The van der Waals surface area contributed by atoms with E-state index in [1.165, 1.54) is 51.4 Å². The van der Waals surface area contributed by atoms with Crippen molar-refractivity contribution in [2.75, 3.05) is 0 Å². The van der Waals surface area contributed by atoms with Gasteiger partial charge in [-0.05, 0) is 92.7 Å². The van der Waals surface area contributed by atoms with Crippen molar-refractivity contribution in [1.29, 1.82) is 0 Å². The Bertz CT molecular complexity index is 672. The Morgan fingerprint density at radius 3 is 1.93 bits per heavy atom. The van der Waals surface area contributed by atoms with Crippen LogP contribution in [0.3, 0.4) is 0 Å². The van der Waals surface area contributed by atoms with Crippen molar-refractivity contribution in [2.45, 2.75) is 103 Å². The summed E-state index contributed by atoms with van der Waals surface area (Å²) in [5, 5.41) is 1.32. The largest absolute Gasteiger partial charge is 0.410 e. The quantitative estimate of drug-likeness (QED) is 0.320. The van der Waals surface area contributed by atoms with Crippen LogP contribution in [-0.2, 0) is 4.43 Å². The van der Waals surface area contributed by atoms with Crippen LogP contribution in [0.4, 0.5) is 0 Å². The normalized spacial score (nSPS) is 31.3. The van der Waals surface area contributed by atoms with Gasteiger partial charge in [0, 0.05) is 18.0 Å². The molecule has 1 aromatic heterocycles. The first-order valence-electron chi connectivity index (χ1n) is 12.4. The molecule has 0 radical (unpaired) electrons. The molecule has 1 unspecified atom stereocenters. The Morgan fingerprint density at radius 2 is 1.47 bits per heavy atom. The maximum atomic E-state index is 7.00. The Balaban J connectivity index is 1.49. The van der Waals surface area contributed by atoms with Crippen molar-refractivity contribution in [3.8, 4) is 0 Å². The molecule has 0 spiro atoms. The molecular weight excluding hydrogens is 429 g/mol. The summed E-state index contributed by atoms with van der Waals surface area (Å²) in [6.07, 6.45) is 16.1. The molecule has 5 rings (SSSR count). The van der Waals surface area contributed by atoms with Crippen LogP contribution in [0.2, 0.25) is 28.2 Å². The Labute approximate surface area is 194 Å². The van der Waals surface area contributed by atoms with Crippen molar-refractivity contribution >= 4 is 31.5 Å². The smallest absolute Gasteiger partial charge is 0.192 e. The minimum Gasteiger partial charge on any atom is -0.410 e. The minimum atomic E-state index is -1.77. The number of hydrogen-bond donors (Lipinski definition) is 0. The van der Waals surface area contributed by atoms with E-state index in [0.717, 1.165) is 47.9 Å². The molecule has 0 amide bonds. The zero-order valence-electron chi connectivity index (χ0n) is 19.1. The van der Waals surface area contributed by atoms with Gasteiger partial charge in [-0.25, -0.2) is 0 Å². The molecule has 1 heterocycles. The third kappa shape index (κ3) is 4.65. The average Bonchev–Trinajstić information content (AvgIpc) is 2.70. The van der Waals surface area contributed by atoms with Gasteiger partial charge in [-0.3, -0.25) is 4.98 Å². The standard InChI is InChI=1S/C25H39Cl2NOSi/c1-4-30(5-2,6-3)29-23(24-21(26)16-28-17-22(24)27)8-7-9-25-13-18-10-19(14-25)12-20(11-18)15-25/h16-20,23H,4-15H2,1-3H3. The van der Waals surface area contributed by atoms with Gasteiger partial charge in [0.05, 0.1) is 16.1 Å². The fourth-order valence-electron chi connectivity index (χ4n) is 7.55. The monoisotopic (exact) mass is 467 g/mol. The maximum Gasteiger partial charge on any atom is 0.192 e. The molecule has 4 bridgehead atoms. The van der Waals surface area contributed by atoms with E-state index < -0.39 is 8.32 Å². The van der Waals surface area contributed by atoms with Gasteiger partial charge in [-0.2, -0.15) is 0 Å². The lowest BCUT2D eigenvalue weighted by Gasteiger charge is -2.57. The van der Waals surface area contributed by atoms with Crippen LogP contribution in [-0.4, -0.2) is 13.3 Å². The molecule has 0 aliphatic heterocycles. The average molecular weight is 469 g/mol. The molecule has 4 aliphatic rings. The predicted octanol–water partition coefficient (Wildman–Crippen LogP) is 8.84. The van der Waals surface area contributed by atoms with E-state index in [9.17, 15) is 0 Å². The Kier molecular flexibility index (Phi) is 7.24. The Hall–Kier alpha value is -0.0931. The third-order valence-electron chi connectivity index (χ3n) is 8.88. The number of rotatable bonds is 10. The van der Waals surface area contributed by atoms with Crippen molar-refractivity contribution < 1.29 is 4.43 Å². The summed E-state index contributed by atoms with van der Waals surface area (Å²) < 4.78 is 7.00. The molecule has 0 N–H and O–H groups in total. The van der Waals surface area contributed by atoms with Gasteiger partial charge in [0.15, 0.2) is 8.32 Å². The van der Waals surface area contributed by atoms with Crippen LogP contribution in [0.15, 0.2) is 12.4 Å². The summed E-state index contributed by atoms with van der Waals surface area (Å²) in [4.78, 5) is 4.18. The van der Waals surface area contributed by atoms with Gasteiger partial charge in [-0.1, -0.05) is 50.4 Å². The topological polar surface area (TPSA) is 22.1 Å². The third-order valence-corrected chi connectivity index (χ3v) is 14.1. The second kappa shape index (κ2) is 9.41. The zero-order valence-corrected chi connectivity index (χ0v) is 21.6. The van der Waals surface area contributed by atoms with Crippen LogP contribution in [0.5, 0.6) is 0 Å². The van der Waals surface area contributed by atoms with E-state index >= 15 is 0 Å². The highest BCUT2D eigenvalue weighted by atomic mass is 35.5.